The van der Waals surface area contributed by atoms with Crippen molar-refractivity contribution in [1.82, 2.24) is 0 Å². The molecule has 0 saturated carbocycles. The van der Waals surface area contributed by atoms with Crippen LogP contribution in [0.2, 0.25) is 0 Å². The Hall–Kier alpha value is -6.72. The van der Waals surface area contributed by atoms with Crippen LogP contribution in [0.4, 0.5) is 14.4 Å². The van der Waals surface area contributed by atoms with Gasteiger partial charge in [-0.15, -0.1) is 0 Å². The fourth-order valence-corrected chi connectivity index (χ4v) is 4.77. The molecule has 58 heavy (non-hydrogen) atoms. The zero-order valence-corrected chi connectivity index (χ0v) is 33.0. The zero-order chi connectivity index (χ0) is 42.7. The summed E-state index contributed by atoms with van der Waals surface area (Å²) in [5.41, 5.74) is -1.47. The van der Waals surface area contributed by atoms with Crippen molar-refractivity contribution >= 4 is 36.4 Å². The Labute approximate surface area is 334 Å². The van der Waals surface area contributed by atoms with Crippen molar-refractivity contribution in [2.24, 2.45) is 5.41 Å². The number of hydrogen-bond acceptors (Lipinski definition) is 18. The van der Waals surface area contributed by atoms with E-state index in [1.807, 2.05) is 41.5 Å². The number of carbonyl (C=O) groups is 6. The number of carbonyl (C=O) groups excluding carboxylic acids is 6. The lowest BCUT2D eigenvalue weighted by atomic mass is 9.86. The van der Waals surface area contributed by atoms with Gasteiger partial charge in [0.2, 0.25) is 0 Å². The molecule has 3 aromatic rings. The molecule has 0 aliphatic heterocycles. The van der Waals surface area contributed by atoms with Crippen LogP contribution >= 0.6 is 0 Å². The Bertz CT molecular complexity index is 1590. The SMILES string of the molecule is CCCC(COC(=O)OOC(=O)c1ccc(OC(C)C)cc1)(COC(=O)OOC(=O)c1ccc(OC(C)C)cc1)COC(=O)OOC(=O)c1ccc(OC(C)C)cc1. The van der Waals surface area contributed by atoms with E-state index in [4.69, 9.17) is 28.4 Å². The molecule has 3 aromatic carbocycles. The highest BCUT2D eigenvalue weighted by Crippen LogP contribution is 2.27. The van der Waals surface area contributed by atoms with Gasteiger partial charge in [0.25, 0.3) is 0 Å². The van der Waals surface area contributed by atoms with Gasteiger partial charge in [-0.05, 0) is 121 Å². The summed E-state index contributed by atoms with van der Waals surface area (Å²) < 4.78 is 32.0. The van der Waals surface area contributed by atoms with Crippen LogP contribution in [-0.2, 0) is 43.5 Å². The lowest BCUT2D eigenvalue weighted by Crippen LogP contribution is -2.40. The van der Waals surface area contributed by atoms with Crippen LogP contribution in [0.5, 0.6) is 17.2 Å². The fourth-order valence-electron chi connectivity index (χ4n) is 4.77. The molecule has 0 radical (unpaired) electrons. The maximum Gasteiger partial charge on any atom is 0.549 e. The minimum absolute atomic E-state index is 0.0266. The second kappa shape index (κ2) is 22.7. The molecule has 0 spiro atoms. The summed E-state index contributed by atoms with van der Waals surface area (Å²) in [7, 11) is 0. The normalized spacial score (nSPS) is 10.9. The number of hydrogen-bond donors (Lipinski definition) is 0. The van der Waals surface area contributed by atoms with Gasteiger partial charge in [-0.25, -0.2) is 43.7 Å². The third-order valence-electron chi connectivity index (χ3n) is 7.21. The molecule has 314 valence electrons. The Morgan fingerprint density at radius 3 is 0.914 bits per heavy atom. The maximum absolute atomic E-state index is 12.5. The fraction of sp³-hybridized carbons (Fsp3) is 0.400. The smallest absolute Gasteiger partial charge is 0.491 e. The molecule has 0 heterocycles. The van der Waals surface area contributed by atoms with Crippen molar-refractivity contribution in [3.8, 4) is 17.2 Å². The van der Waals surface area contributed by atoms with Gasteiger partial charge in [-0.2, -0.15) is 14.4 Å². The first-order valence-electron chi connectivity index (χ1n) is 18.0. The van der Waals surface area contributed by atoms with Crippen molar-refractivity contribution in [1.29, 1.82) is 0 Å². The molecule has 0 amide bonds. The highest BCUT2D eigenvalue weighted by Gasteiger charge is 2.37. The summed E-state index contributed by atoms with van der Waals surface area (Å²) in [6.07, 6.45) is -4.40. The van der Waals surface area contributed by atoms with Gasteiger partial charge < -0.3 is 28.4 Å². The van der Waals surface area contributed by atoms with Crippen LogP contribution in [0, 0.1) is 5.41 Å². The molecule has 18 nitrogen and oxygen atoms in total. The van der Waals surface area contributed by atoms with Gasteiger partial charge in [-0.3, -0.25) is 0 Å². The highest BCUT2D eigenvalue weighted by atomic mass is 17.2. The predicted octanol–water partition coefficient (Wildman–Crippen LogP) is 7.91. The van der Waals surface area contributed by atoms with E-state index < -0.39 is 61.6 Å². The summed E-state index contributed by atoms with van der Waals surface area (Å²) in [5.74, 6) is -1.61. The van der Waals surface area contributed by atoms with Gasteiger partial charge in [0.15, 0.2) is 0 Å². The van der Waals surface area contributed by atoms with Crippen molar-refractivity contribution in [2.75, 3.05) is 19.8 Å². The predicted molar refractivity (Wildman–Crippen MR) is 198 cm³/mol. The molecule has 0 unspecified atom stereocenters. The molecule has 0 atom stereocenters. The lowest BCUT2D eigenvalue weighted by molar-refractivity contribution is -0.217. The van der Waals surface area contributed by atoms with Gasteiger partial charge in [0, 0.05) is 0 Å². The minimum atomic E-state index is -1.55. The Morgan fingerprint density at radius 2 is 0.690 bits per heavy atom. The average molecular weight is 815 g/mol. The monoisotopic (exact) mass is 814 g/mol. The third kappa shape index (κ3) is 16.2. The Morgan fingerprint density at radius 1 is 0.431 bits per heavy atom. The maximum atomic E-state index is 12.5. The van der Waals surface area contributed by atoms with Crippen molar-refractivity contribution in [3.05, 3.63) is 89.5 Å². The van der Waals surface area contributed by atoms with Crippen LogP contribution < -0.4 is 14.2 Å². The van der Waals surface area contributed by atoms with Crippen molar-refractivity contribution < 1.29 is 86.5 Å². The van der Waals surface area contributed by atoms with Gasteiger partial charge >= 0.3 is 36.4 Å². The molecule has 0 aliphatic carbocycles. The molecule has 0 bridgehead atoms. The number of ether oxygens (including phenoxy) is 6. The van der Waals surface area contributed by atoms with Crippen LogP contribution in [0.15, 0.2) is 72.8 Å². The average Bonchev–Trinajstić information content (AvgIpc) is 3.18. The molecule has 18 heteroatoms. The van der Waals surface area contributed by atoms with E-state index in [0.717, 1.165) is 0 Å². The van der Waals surface area contributed by atoms with E-state index in [0.29, 0.717) is 23.7 Å². The van der Waals surface area contributed by atoms with Crippen LogP contribution in [0.3, 0.4) is 0 Å². The van der Waals surface area contributed by atoms with E-state index in [1.54, 1.807) is 6.92 Å². The molecular formula is C40H46O18. The number of rotatable bonds is 17. The van der Waals surface area contributed by atoms with Gasteiger partial charge in [0.05, 0.1) is 40.4 Å². The second-order valence-electron chi connectivity index (χ2n) is 13.3. The summed E-state index contributed by atoms with van der Waals surface area (Å²) in [6.45, 7) is 10.7. The van der Waals surface area contributed by atoms with E-state index in [2.05, 4.69) is 29.3 Å². The minimum Gasteiger partial charge on any atom is -0.491 e. The highest BCUT2D eigenvalue weighted by molar-refractivity contribution is 5.90. The van der Waals surface area contributed by atoms with E-state index in [1.165, 1.54) is 72.8 Å². The molecule has 0 fully saturated rings. The lowest BCUT2D eigenvalue weighted by Gasteiger charge is -2.30. The van der Waals surface area contributed by atoms with Crippen molar-refractivity contribution in [2.45, 2.75) is 79.6 Å². The quantitative estimate of drug-likeness (QED) is 0.0548. The van der Waals surface area contributed by atoms with Crippen LogP contribution in [-0.4, -0.2) is 74.5 Å². The first kappa shape index (κ1) is 45.7. The van der Waals surface area contributed by atoms with Crippen LogP contribution in [0.25, 0.3) is 0 Å². The van der Waals surface area contributed by atoms with Gasteiger partial charge in [-0.1, -0.05) is 13.3 Å². The van der Waals surface area contributed by atoms with E-state index >= 15 is 0 Å². The molecule has 0 N–H and O–H groups in total. The third-order valence-corrected chi connectivity index (χ3v) is 7.21. The van der Waals surface area contributed by atoms with Crippen LogP contribution in [0.1, 0.15) is 92.4 Å². The van der Waals surface area contributed by atoms with E-state index in [-0.39, 0.29) is 41.4 Å². The Kier molecular flexibility index (Phi) is 17.9. The summed E-state index contributed by atoms with van der Waals surface area (Å²) >= 11 is 0. The first-order valence-corrected chi connectivity index (χ1v) is 18.0. The summed E-state index contributed by atoms with van der Waals surface area (Å²) in [6, 6.07) is 17.5. The summed E-state index contributed by atoms with van der Waals surface area (Å²) in [5, 5.41) is 0. The standard InChI is InChI=1S/C40H46O18/c1-8-21-40(22-47-37(44)56-53-34(41)28-9-15-31(16-10-28)50-25(2)3,23-48-38(45)57-54-35(42)29-11-17-32(18-12-29)51-26(4)5)24-49-39(46)58-55-36(43)30-13-19-33(20-14-30)52-27(6)7/h9-20,25-27H,8,21-24H2,1-7H3. The second-order valence-corrected chi connectivity index (χ2v) is 13.3. The molecule has 0 saturated heterocycles. The zero-order valence-electron chi connectivity index (χ0n) is 33.0. The number of benzene rings is 3. The molecular weight excluding hydrogens is 768 g/mol. The van der Waals surface area contributed by atoms with E-state index in [9.17, 15) is 28.8 Å². The first-order chi connectivity index (χ1) is 27.6. The van der Waals surface area contributed by atoms with Gasteiger partial charge in [0.1, 0.15) is 37.1 Å². The Balaban J connectivity index is 1.63. The van der Waals surface area contributed by atoms with Crippen molar-refractivity contribution in [3.63, 3.8) is 0 Å². The molecule has 0 aliphatic rings. The topological polar surface area (TPSA) is 213 Å². The molecule has 0 aromatic heterocycles. The summed E-state index contributed by atoms with van der Waals surface area (Å²) in [4.78, 5) is 102. The largest absolute Gasteiger partial charge is 0.549 e. The molecule has 3 rings (SSSR count).